The van der Waals surface area contributed by atoms with E-state index < -0.39 is 0 Å². The van der Waals surface area contributed by atoms with Crippen molar-refractivity contribution in [2.45, 2.75) is 25.5 Å². The second-order valence-corrected chi connectivity index (χ2v) is 7.75. The summed E-state index contributed by atoms with van der Waals surface area (Å²) in [4.78, 5) is 0. The van der Waals surface area contributed by atoms with Crippen LogP contribution in [0, 0.1) is 5.82 Å². The molecule has 2 nitrogen and oxygen atoms in total. The summed E-state index contributed by atoms with van der Waals surface area (Å²) in [6, 6.07) is 18.3. The maximum absolute atomic E-state index is 14.6. The molecule has 3 aromatic carbocycles. The molecule has 0 saturated carbocycles. The summed E-state index contributed by atoms with van der Waals surface area (Å²) in [5.74, 6) is -0.189. The maximum atomic E-state index is 14.6. The van der Waals surface area contributed by atoms with Crippen molar-refractivity contribution in [3.63, 3.8) is 0 Å². The molecule has 0 fully saturated rings. The molecule has 0 N–H and O–H groups in total. The Morgan fingerprint density at radius 3 is 1.79 bits per heavy atom. The third-order valence-electron chi connectivity index (χ3n) is 5.07. The number of rotatable bonds is 8. The zero-order valence-electron chi connectivity index (χ0n) is 16.9. The highest BCUT2D eigenvalue weighted by molar-refractivity contribution is 7.15. The number of hydrogen-bond donors (Lipinski definition) is 0. The smallest absolute Gasteiger partial charge is 0.127 e. The fraction of sp³-hybridized carbons (Fsp3) is 0.250. The number of halogens is 1. The van der Waals surface area contributed by atoms with Crippen molar-refractivity contribution in [3.8, 4) is 22.3 Å². The minimum Gasteiger partial charge on any atom is -0.380 e. The molecular formula is C24H27FO2P2. The zero-order valence-corrected chi connectivity index (χ0v) is 19.2. The minimum absolute atomic E-state index is 0.189. The third-order valence-corrected chi connectivity index (χ3v) is 5.92. The largest absolute Gasteiger partial charge is 0.380 e. The normalized spacial score (nSPS) is 11.1. The monoisotopic (exact) mass is 428 g/mol. The maximum Gasteiger partial charge on any atom is 0.127 e. The summed E-state index contributed by atoms with van der Waals surface area (Å²) in [6.45, 7) is 0.996. The quantitative estimate of drug-likeness (QED) is 0.398. The Hall–Kier alpha value is -1.63. The molecule has 3 aromatic rings. The van der Waals surface area contributed by atoms with E-state index in [-0.39, 0.29) is 5.82 Å². The van der Waals surface area contributed by atoms with E-state index in [0.717, 1.165) is 34.0 Å². The van der Waals surface area contributed by atoms with Crippen LogP contribution in [0.3, 0.4) is 0 Å². The van der Waals surface area contributed by atoms with E-state index in [1.54, 1.807) is 20.3 Å². The van der Waals surface area contributed by atoms with Gasteiger partial charge in [0.2, 0.25) is 0 Å². The lowest BCUT2D eigenvalue weighted by atomic mass is 9.96. The minimum atomic E-state index is -0.189. The third kappa shape index (κ3) is 5.11. The predicted octanol–water partition coefficient (Wildman–Crippen LogP) is 6.20. The average molecular weight is 428 g/mol. The Morgan fingerprint density at radius 2 is 1.21 bits per heavy atom. The molecule has 0 aliphatic heterocycles. The fourth-order valence-electron chi connectivity index (χ4n) is 3.52. The van der Waals surface area contributed by atoms with Gasteiger partial charge in [-0.3, -0.25) is 0 Å². The van der Waals surface area contributed by atoms with Gasteiger partial charge >= 0.3 is 0 Å². The van der Waals surface area contributed by atoms with Crippen LogP contribution in [0.5, 0.6) is 0 Å². The van der Waals surface area contributed by atoms with Gasteiger partial charge in [-0.1, -0.05) is 36.4 Å². The van der Waals surface area contributed by atoms with E-state index in [9.17, 15) is 4.39 Å². The van der Waals surface area contributed by atoms with Gasteiger partial charge in [0.15, 0.2) is 0 Å². The lowest BCUT2D eigenvalue weighted by Gasteiger charge is -2.13. The van der Waals surface area contributed by atoms with Gasteiger partial charge in [-0.2, -0.15) is 0 Å². The molecule has 3 rings (SSSR count). The van der Waals surface area contributed by atoms with Crippen LogP contribution in [-0.4, -0.2) is 14.2 Å². The van der Waals surface area contributed by atoms with Crippen LogP contribution >= 0.6 is 18.5 Å². The zero-order chi connectivity index (χ0) is 20.8. The van der Waals surface area contributed by atoms with Crippen LogP contribution < -0.4 is 0 Å². The van der Waals surface area contributed by atoms with Gasteiger partial charge < -0.3 is 9.47 Å². The molecule has 0 radical (unpaired) electrons. The van der Waals surface area contributed by atoms with Crippen LogP contribution in [0.4, 0.5) is 4.39 Å². The van der Waals surface area contributed by atoms with E-state index >= 15 is 0 Å². The molecular weight excluding hydrogens is 401 g/mol. The van der Waals surface area contributed by atoms with Crippen molar-refractivity contribution in [1.29, 1.82) is 0 Å². The van der Waals surface area contributed by atoms with Gasteiger partial charge in [-0.15, -0.1) is 18.5 Å². The SMILES string of the molecule is COCc1cc(-c2ccc(-c3cc(F)c(CP)c(COC)c3)cc2)ccc1CP. The van der Waals surface area contributed by atoms with Crippen molar-refractivity contribution < 1.29 is 13.9 Å². The van der Waals surface area contributed by atoms with Crippen LogP contribution in [0.25, 0.3) is 22.3 Å². The van der Waals surface area contributed by atoms with Crippen LogP contribution in [-0.2, 0) is 35.0 Å². The van der Waals surface area contributed by atoms with Gasteiger partial charge in [0.25, 0.3) is 0 Å². The highest BCUT2D eigenvalue weighted by Crippen LogP contribution is 2.30. The molecule has 0 aliphatic carbocycles. The second kappa shape index (κ2) is 10.4. The first-order chi connectivity index (χ1) is 14.1. The Labute approximate surface area is 177 Å². The van der Waals surface area contributed by atoms with Crippen LogP contribution in [0.2, 0.25) is 0 Å². The molecule has 2 unspecified atom stereocenters. The Bertz CT molecular complexity index is 971. The Kier molecular flexibility index (Phi) is 7.92. The van der Waals surface area contributed by atoms with E-state index in [4.69, 9.17) is 9.47 Å². The van der Waals surface area contributed by atoms with Gasteiger partial charge in [0.1, 0.15) is 5.82 Å². The molecule has 0 spiro atoms. The summed E-state index contributed by atoms with van der Waals surface area (Å²) >= 11 is 0. The number of benzene rings is 3. The molecule has 2 atom stereocenters. The lowest BCUT2D eigenvalue weighted by Crippen LogP contribution is -1.99. The summed E-state index contributed by atoms with van der Waals surface area (Å²) in [5, 5.41) is 0. The molecule has 0 heterocycles. The topological polar surface area (TPSA) is 18.5 Å². The molecule has 152 valence electrons. The van der Waals surface area contributed by atoms with E-state index in [0.29, 0.717) is 24.9 Å². The predicted molar refractivity (Wildman–Crippen MR) is 126 cm³/mol. The highest BCUT2D eigenvalue weighted by Gasteiger charge is 2.11. The molecule has 0 bridgehead atoms. The molecule has 0 aromatic heterocycles. The van der Waals surface area contributed by atoms with Gasteiger partial charge in [-0.25, -0.2) is 4.39 Å². The molecule has 0 amide bonds. The van der Waals surface area contributed by atoms with E-state index in [2.05, 4.69) is 48.8 Å². The molecule has 5 heteroatoms. The highest BCUT2D eigenvalue weighted by atomic mass is 31.0. The van der Waals surface area contributed by atoms with Crippen molar-refractivity contribution in [3.05, 3.63) is 82.7 Å². The summed E-state index contributed by atoms with van der Waals surface area (Å²) in [5.41, 5.74) is 8.17. The van der Waals surface area contributed by atoms with E-state index in [1.807, 2.05) is 18.2 Å². The second-order valence-electron chi connectivity index (χ2n) is 6.93. The summed E-state index contributed by atoms with van der Waals surface area (Å²) in [6.07, 6.45) is 1.47. The van der Waals surface area contributed by atoms with Gasteiger partial charge in [0.05, 0.1) is 13.2 Å². The summed E-state index contributed by atoms with van der Waals surface area (Å²) in [7, 11) is 8.70. The first kappa shape index (κ1) is 22.1. The number of methoxy groups -OCH3 is 2. The van der Waals surface area contributed by atoms with Gasteiger partial charge in [-0.05, 0) is 75.0 Å². The average Bonchev–Trinajstić information content (AvgIpc) is 2.74. The molecule has 0 saturated heterocycles. The van der Waals surface area contributed by atoms with Crippen molar-refractivity contribution >= 4 is 18.5 Å². The van der Waals surface area contributed by atoms with Crippen molar-refractivity contribution in [2.24, 2.45) is 0 Å². The number of ether oxygens (including phenoxy) is 2. The Morgan fingerprint density at radius 1 is 0.655 bits per heavy atom. The van der Waals surface area contributed by atoms with Crippen molar-refractivity contribution in [1.82, 2.24) is 0 Å². The molecule has 0 aliphatic rings. The van der Waals surface area contributed by atoms with Gasteiger partial charge in [0, 0.05) is 14.2 Å². The Balaban J connectivity index is 1.94. The fourth-order valence-corrected chi connectivity index (χ4v) is 4.38. The van der Waals surface area contributed by atoms with Crippen LogP contribution in [0.1, 0.15) is 22.3 Å². The van der Waals surface area contributed by atoms with Crippen LogP contribution in [0.15, 0.2) is 54.6 Å². The number of hydrogen-bond acceptors (Lipinski definition) is 2. The van der Waals surface area contributed by atoms with Crippen molar-refractivity contribution in [2.75, 3.05) is 14.2 Å². The lowest BCUT2D eigenvalue weighted by molar-refractivity contribution is 0.184. The molecule has 29 heavy (non-hydrogen) atoms. The first-order valence-electron chi connectivity index (χ1n) is 9.53. The first-order valence-corrected chi connectivity index (χ1v) is 11.2. The van der Waals surface area contributed by atoms with E-state index in [1.165, 1.54) is 11.1 Å². The standard InChI is InChI=1S/C24H27FO2P2/c1-26-12-21-9-18(7-8-19(21)14-28)16-3-5-17(6-4-16)20-10-22(13-27-2)23(15-29)24(25)11-20/h3-11H,12-15,28-29H2,1-2H3. The summed E-state index contributed by atoms with van der Waals surface area (Å²) < 4.78 is 25.2.